The number of aliphatic carboxylic acids is 2. The number of ether oxygens (including phenoxy) is 1. The average molecular weight is 490 g/mol. The topological polar surface area (TPSA) is 88.8 Å². The van der Waals surface area contributed by atoms with Crippen molar-refractivity contribution in [1.29, 1.82) is 0 Å². The van der Waals surface area contributed by atoms with Crippen molar-refractivity contribution in [2.24, 2.45) is 0 Å². The largest absolute Gasteiger partial charge is 0.493 e. The quantitative estimate of drug-likeness (QED) is 0.239. The van der Waals surface area contributed by atoms with Crippen LogP contribution in [0.25, 0.3) is 23.1 Å². The van der Waals surface area contributed by atoms with Gasteiger partial charge in [0.05, 0.1) is 13.0 Å². The smallest absolute Gasteiger partial charge is 0.307 e. The molecule has 6 nitrogen and oxygen atoms in total. The molecule has 2 aromatic carbocycles. The number of hydrogen-bond acceptors (Lipinski definition) is 4. The number of nitrogens with zero attached hydrogens (tertiary/aromatic N) is 1. The Bertz CT molecular complexity index is 1320. The number of carboxylic acid groups (broad SMARTS) is 2. The van der Waals surface area contributed by atoms with Crippen molar-refractivity contribution in [3.05, 3.63) is 87.7 Å². The summed E-state index contributed by atoms with van der Waals surface area (Å²) in [5.74, 6) is -0.917. The molecule has 0 spiro atoms. The number of aryl methyl sites for hydroxylation is 1. The van der Waals surface area contributed by atoms with E-state index in [-0.39, 0.29) is 12.8 Å². The normalized spacial score (nSPS) is 11.3. The Morgan fingerprint density at radius 1 is 1.00 bits per heavy atom. The van der Waals surface area contributed by atoms with Gasteiger partial charge in [-0.25, -0.2) is 0 Å². The van der Waals surface area contributed by atoms with Crippen molar-refractivity contribution in [2.45, 2.75) is 32.2 Å². The molecule has 0 radical (unpaired) electrons. The van der Waals surface area contributed by atoms with Gasteiger partial charge in [0, 0.05) is 36.5 Å². The van der Waals surface area contributed by atoms with Gasteiger partial charge in [-0.3, -0.25) is 9.59 Å². The second-order valence-corrected chi connectivity index (χ2v) is 9.07. The molecule has 4 aromatic rings. The molecule has 35 heavy (non-hydrogen) atoms. The van der Waals surface area contributed by atoms with Crippen molar-refractivity contribution in [3.63, 3.8) is 0 Å². The predicted octanol–water partition coefficient (Wildman–Crippen LogP) is 5.99. The molecule has 0 aliphatic heterocycles. The van der Waals surface area contributed by atoms with E-state index in [1.54, 1.807) is 11.3 Å². The molecule has 180 valence electrons. The molecule has 0 aliphatic rings. The maximum absolute atomic E-state index is 11.5. The van der Waals surface area contributed by atoms with Crippen molar-refractivity contribution in [1.82, 2.24) is 4.57 Å². The average Bonchev–Trinajstić information content (AvgIpc) is 3.47. The van der Waals surface area contributed by atoms with Crippen LogP contribution in [0.2, 0.25) is 0 Å². The third-order valence-electron chi connectivity index (χ3n) is 5.72. The van der Waals surface area contributed by atoms with Gasteiger partial charge in [-0.2, -0.15) is 11.3 Å². The molecular weight excluding hydrogens is 462 g/mol. The summed E-state index contributed by atoms with van der Waals surface area (Å²) in [6.07, 6.45) is 7.15. The molecule has 0 atom stereocenters. The highest BCUT2D eigenvalue weighted by Gasteiger charge is 2.14. The first-order chi connectivity index (χ1) is 17.0. The zero-order chi connectivity index (χ0) is 24.6. The Morgan fingerprint density at radius 3 is 2.54 bits per heavy atom. The van der Waals surface area contributed by atoms with Crippen LogP contribution < -0.4 is 4.74 Å². The summed E-state index contributed by atoms with van der Waals surface area (Å²) >= 11 is 1.69. The number of carboxylic acids is 2. The number of benzene rings is 2. The Balaban J connectivity index is 1.50. The van der Waals surface area contributed by atoms with Crippen LogP contribution in [-0.2, 0) is 29.0 Å². The maximum Gasteiger partial charge on any atom is 0.307 e. The lowest BCUT2D eigenvalue weighted by atomic mass is 10.0. The van der Waals surface area contributed by atoms with Gasteiger partial charge in [-0.1, -0.05) is 36.4 Å². The molecule has 2 heterocycles. The molecule has 0 bridgehead atoms. The number of aromatic nitrogens is 1. The number of fused-ring (bicyclic) bond motifs is 1. The second kappa shape index (κ2) is 11.5. The van der Waals surface area contributed by atoms with Crippen LogP contribution in [0.1, 0.15) is 35.1 Å². The predicted molar refractivity (Wildman–Crippen MR) is 139 cm³/mol. The first kappa shape index (κ1) is 24.3. The number of rotatable bonds is 12. The van der Waals surface area contributed by atoms with Crippen LogP contribution in [0.15, 0.2) is 65.5 Å². The fraction of sp³-hybridized carbons (Fsp3) is 0.214. The molecule has 0 saturated carbocycles. The second-order valence-electron chi connectivity index (χ2n) is 8.29. The van der Waals surface area contributed by atoms with Gasteiger partial charge < -0.3 is 19.5 Å². The third kappa shape index (κ3) is 6.61. The SMILES string of the molecule is O=C(O)CCCn1cc(CC(=O)O)c2c(C=Cc3ccc(OCCc4ccsc4)cc3)cccc21. The van der Waals surface area contributed by atoms with Crippen LogP contribution in [0.5, 0.6) is 5.75 Å². The first-order valence-corrected chi connectivity index (χ1v) is 12.4. The van der Waals surface area contributed by atoms with Crippen molar-refractivity contribution >= 4 is 46.3 Å². The summed E-state index contributed by atoms with van der Waals surface area (Å²) in [7, 11) is 0. The lowest BCUT2D eigenvalue weighted by Crippen LogP contribution is -2.01. The van der Waals surface area contributed by atoms with Crippen LogP contribution in [0, 0.1) is 0 Å². The Kier molecular flexibility index (Phi) is 8.00. The van der Waals surface area contributed by atoms with Crippen LogP contribution in [0.3, 0.4) is 0 Å². The highest BCUT2D eigenvalue weighted by molar-refractivity contribution is 7.07. The minimum absolute atomic E-state index is 0.0707. The minimum Gasteiger partial charge on any atom is -0.493 e. The molecule has 2 N–H and O–H groups in total. The highest BCUT2D eigenvalue weighted by Crippen LogP contribution is 2.28. The lowest BCUT2D eigenvalue weighted by molar-refractivity contribution is -0.137. The maximum atomic E-state index is 11.5. The van der Waals surface area contributed by atoms with E-state index in [2.05, 4.69) is 16.8 Å². The third-order valence-corrected chi connectivity index (χ3v) is 6.46. The molecule has 0 unspecified atom stereocenters. The van der Waals surface area contributed by atoms with E-state index in [1.807, 2.05) is 65.4 Å². The van der Waals surface area contributed by atoms with Crippen molar-refractivity contribution in [3.8, 4) is 5.75 Å². The number of hydrogen-bond donors (Lipinski definition) is 2. The van der Waals surface area contributed by atoms with E-state index >= 15 is 0 Å². The monoisotopic (exact) mass is 489 g/mol. The lowest BCUT2D eigenvalue weighted by Gasteiger charge is -2.06. The van der Waals surface area contributed by atoms with E-state index in [0.29, 0.717) is 19.6 Å². The van der Waals surface area contributed by atoms with Gasteiger partial charge in [-0.05, 0) is 63.7 Å². The van der Waals surface area contributed by atoms with E-state index in [4.69, 9.17) is 9.84 Å². The number of thiophene rings is 1. The molecule has 0 amide bonds. The molecular formula is C28H27NO5S. The van der Waals surface area contributed by atoms with Gasteiger partial charge in [0.15, 0.2) is 0 Å². The van der Waals surface area contributed by atoms with Crippen LogP contribution in [0.4, 0.5) is 0 Å². The fourth-order valence-electron chi connectivity index (χ4n) is 4.07. The van der Waals surface area contributed by atoms with Crippen molar-refractivity contribution < 1.29 is 24.5 Å². The van der Waals surface area contributed by atoms with Gasteiger partial charge in [0.1, 0.15) is 5.75 Å². The summed E-state index contributed by atoms with van der Waals surface area (Å²) in [5, 5.41) is 23.4. The summed E-state index contributed by atoms with van der Waals surface area (Å²) in [6, 6.07) is 15.8. The zero-order valence-corrected chi connectivity index (χ0v) is 20.0. The van der Waals surface area contributed by atoms with E-state index in [9.17, 15) is 14.7 Å². The molecule has 0 aliphatic carbocycles. The summed E-state index contributed by atoms with van der Waals surface area (Å²) in [4.78, 5) is 22.4. The molecule has 7 heteroatoms. The van der Waals surface area contributed by atoms with Crippen molar-refractivity contribution in [2.75, 3.05) is 6.61 Å². The molecule has 2 aromatic heterocycles. The van der Waals surface area contributed by atoms with Gasteiger partial charge in [0.2, 0.25) is 0 Å². The summed E-state index contributed by atoms with van der Waals surface area (Å²) in [6.45, 7) is 1.15. The van der Waals surface area contributed by atoms with E-state index in [0.717, 1.165) is 39.8 Å². The minimum atomic E-state index is -0.900. The standard InChI is InChI=1S/C28H27NO5S/c30-26(31)5-2-14-29-18-23(17-27(32)33)28-22(3-1-4-25(28)29)9-6-20-7-10-24(11-8-20)34-15-12-21-13-16-35-19-21/h1,3-4,6-11,13,16,18-19H,2,5,12,14-15,17H2,(H,30,31)(H,32,33). The van der Waals surface area contributed by atoms with Gasteiger partial charge in [0.25, 0.3) is 0 Å². The molecule has 0 fully saturated rings. The number of carbonyl (C=O) groups is 2. The Labute approximate surface area is 207 Å². The van der Waals surface area contributed by atoms with Gasteiger partial charge >= 0.3 is 11.9 Å². The fourth-order valence-corrected chi connectivity index (χ4v) is 4.78. The zero-order valence-electron chi connectivity index (χ0n) is 19.2. The van der Waals surface area contributed by atoms with E-state index < -0.39 is 11.9 Å². The Hall–Kier alpha value is -3.84. The summed E-state index contributed by atoms with van der Waals surface area (Å²) < 4.78 is 7.80. The van der Waals surface area contributed by atoms with Gasteiger partial charge in [-0.15, -0.1) is 0 Å². The molecule has 4 rings (SSSR count). The highest BCUT2D eigenvalue weighted by atomic mass is 32.1. The molecule has 0 saturated heterocycles. The van der Waals surface area contributed by atoms with E-state index in [1.165, 1.54) is 5.56 Å². The van der Waals surface area contributed by atoms with Crippen LogP contribution in [-0.4, -0.2) is 33.3 Å². The van der Waals surface area contributed by atoms with Crippen LogP contribution >= 0.6 is 11.3 Å². The summed E-state index contributed by atoms with van der Waals surface area (Å²) in [5.41, 5.74) is 4.84. The Morgan fingerprint density at radius 2 is 1.83 bits per heavy atom. The first-order valence-electron chi connectivity index (χ1n) is 11.5.